The van der Waals surface area contributed by atoms with Crippen LogP contribution >= 0.6 is 0 Å². The van der Waals surface area contributed by atoms with Gasteiger partial charge in [-0.15, -0.1) is 0 Å². The molecule has 0 aromatic carbocycles. The second kappa shape index (κ2) is 5.42. The van der Waals surface area contributed by atoms with Crippen molar-refractivity contribution in [3.8, 4) is 0 Å². The molecule has 104 valence electrons. The maximum absolute atomic E-state index is 12.2. The number of hydrogen-bond donors (Lipinski definition) is 2. The van der Waals surface area contributed by atoms with Crippen LogP contribution in [0.5, 0.6) is 0 Å². The Morgan fingerprint density at radius 1 is 1.58 bits per heavy atom. The molecule has 6 heteroatoms. The van der Waals surface area contributed by atoms with E-state index in [1.807, 2.05) is 6.92 Å². The van der Waals surface area contributed by atoms with Gasteiger partial charge in [0.05, 0.1) is 17.7 Å². The minimum Gasteiger partial charge on any atom is -0.481 e. The summed E-state index contributed by atoms with van der Waals surface area (Å²) in [7, 11) is 1.77. The number of amides is 1. The Hall–Kier alpha value is -1.85. The smallest absolute Gasteiger partial charge is 0.305 e. The fourth-order valence-electron chi connectivity index (χ4n) is 2.25. The van der Waals surface area contributed by atoms with E-state index in [0.29, 0.717) is 17.9 Å². The van der Waals surface area contributed by atoms with Gasteiger partial charge in [-0.05, 0) is 25.2 Å². The van der Waals surface area contributed by atoms with Gasteiger partial charge in [0.1, 0.15) is 0 Å². The quantitative estimate of drug-likeness (QED) is 0.802. The third-order valence-corrected chi connectivity index (χ3v) is 3.39. The normalized spacial score (nSPS) is 16.1. The molecule has 1 amide bonds. The van der Waals surface area contributed by atoms with Crippen molar-refractivity contribution in [1.82, 2.24) is 15.1 Å². The maximum Gasteiger partial charge on any atom is 0.305 e. The van der Waals surface area contributed by atoms with Gasteiger partial charge in [-0.1, -0.05) is 6.92 Å². The predicted octanol–water partition coefficient (Wildman–Crippen LogP) is 0.966. The molecule has 19 heavy (non-hydrogen) atoms. The molecule has 2 rings (SSSR count). The largest absolute Gasteiger partial charge is 0.481 e. The number of aliphatic carboxylic acids is 1. The Balaban J connectivity index is 2.07. The summed E-state index contributed by atoms with van der Waals surface area (Å²) in [6.45, 7) is 1.94. The SMILES string of the molecule is CCc1nn(C)cc1C(=O)NC(CC(=O)O)C1CC1. The van der Waals surface area contributed by atoms with E-state index in [-0.39, 0.29) is 18.4 Å². The lowest BCUT2D eigenvalue weighted by molar-refractivity contribution is -0.137. The zero-order valence-corrected chi connectivity index (χ0v) is 11.2. The van der Waals surface area contributed by atoms with Crippen molar-refractivity contribution in [3.63, 3.8) is 0 Å². The number of carbonyl (C=O) groups excluding carboxylic acids is 1. The lowest BCUT2D eigenvalue weighted by atomic mass is 10.1. The van der Waals surface area contributed by atoms with Gasteiger partial charge < -0.3 is 10.4 Å². The topological polar surface area (TPSA) is 84.2 Å². The van der Waals surface area contributed by atoms with Gasteiger partial charge in [0.15, 0.2) is 0 Å². The molecular weight excluding hydrogens is 246 g/mol. The molecule has 0 aliphatic heterocycles. The minimum absolute atomic E-state index is 0.0157. The number of carboxylic acids is 1. The highest BCUT2D eigenvalue weighted by Gasteiger charge is 2.34. The van der Waals surface area contributed by atoms with Gasteiger partial charge >= 0.3 is 5.97 Å². The molecule has 1 aromatic rings. The van der Waals surface area contributed by atoms with Crippen molar-refractivity contribution < 1.29 is 14.7 Å². The molecule has 1 aliphatic carbocycles. The van der Waals surface area contributed by atoms with E-state index in [1.165, 1.54) is 0 Å². The summed E-state index contributed by atoms with van der Waals surface area (Å²) in [5.41, 5.74) is 1.28. The zero-order valence-electron chi connectivity index (χ0n) is 11.2. The molecule has 1 aromatic heterocycles. The highest BCUT2D eigenvalue weighted by molar-refractivity contribution is 5.95. The second-order valence-corrected chi connectivity index (χ2v) is 5.03. The van der Waals surface area contributed by atoms with Crippen LogP contribution in [0.15, 0.2) is 6.20 Å². The number of rotatable bonds is 6. The van der Waals surface area contributed by atoms with Crippen molar-refractivity contribution in [2.45, 2.75) is 38.6 Å². The molecule has 1 heterocycles. The first kappa shape index (κ1) is 13.6. The van der Waals surface area contributed by atoms with E-state index in [2.05, 4.69) is 10.4 Å². The first-order valence-corrected chi connectivity index (χ1v) is 6.56. The van der Waals surface area contributed by atoms with Gasteiger partial charge in [-0.25, -0.2) is 0 Å². The lowest BCUT2D eigenvalue weighted by Crippen LogP contribution is -2.38. The zero-order chi connectivity index (χ0) is 14.0. The number of carbonyl (C=O) groups is 2. The van der Waals surface area contributed by atoms with Crippen molar-refractivity contribution in [1.29, 1.82) is 0 Å². The van der Waals surface area contributed by atoms with Crippen LogP contribution in [0.3, 0.4) is 0 Å². The van der Waals surface area contributed by atoms with Crippen LogP contribution in [-0.4, -0.2) is 32.8 Å². The molecule has 0 bridgehead atoms. The molecule has 0 saturated heterocycles. The van der Waals surface area contributed by atoms with Gasteiger partial charge in [0, 0.05) is 19.3 Å². The monoisotopic (exact) mass is 265 g/mol. The van der Waals surface area contributed by atoms with E-state index in [4.69, 9.17) is 5.11 Å². The Morgan fingerprint density at radius 3 is 2.79 bits per heavy atom. The average Bonchev–Trinajstić information content (AvgIpc) is 3.10. The molecule has 1 atom stereocenters. The number of hydrogen-bond acceptors (Lipinski definition) is 3. The summed E-state index contributed by atoms with van der Waals surface area (Å²) in [6.07, 6.45) is 4.32. The summed E-state index contributed by atoms with van der Waals surface area (Å²) in [5.74, 6) is -0.788. The van der Waals surface area contributed by atoms with Gasteiger partial charge in [0.25, 0.3) is 5.91 Å². The summed E-state index contributed by atoms with van der Waals surface area (Å²) in [5, 5.41) is 15.9. The fraction of sp³-hybridized carbons (Fsp3) is 0.615. The number of aryl methyl sites for hydroxylation is 2. The number of carboxylic acid groups (broad SMARTS) is 1. The summed E-state index contributed by atoms with van der Waals surface area (Å²) >= 11 is 0. The average molecular weight is 265 g/mol. The first-order chi connectivity index (χ1) is 9.01. The van der Waals surface area contributed by atoms with E-state index >= 15 is 0 Å². The van der Waals surface area contributed by atoms with Crippen molar-refractivity contribution >= 4 is 11.9 Å². The molecular formula is C13H19N3O3. The van der Waals surface area contributed by atoms with Crippen LogP contribution in [0.25, 0.3) is 0 Å². The van der Waals surface area contributed by atoms with Gasteiger partial charge in [0.2, 0.25) is 0 Å². The fourth-order valence-corrected chi connectivity index (χ4v) is 2.25. The Bertz CT molecular complexity index is 491. The van der Waals surface area contributed by atoms with E-state index in [9.17, 15) is 9.59 Å². The second-order valence-electron chi connectivity index (χ2n) is 5.03. The minimum atomic E-state index is -0.876. The van der Waals surface area contributed by atoms with Gasteiger partial charge in [-0.3, -0.25) is 14.3 Å². The number of nitrogens with one attached hydrogen (secondary N) is 1. The molecule has 0 radical (unpaired) electrons. The summed E-state index contributed by atoms with van der Waals surface area (Å²) < 4.78 is 1.61. The lowest BCUT2D eigenvalue weighted by Gasteiger charge is -2.15. The Morgan fingerprint density at radius 2 is 2.26 bits per heavy atom. The molecule has 1 aliphatic rings. The van der Waals surface area contributed by atoms with Crippen LogP contribution in [-0.2, 0) is 18.3 Å². The van der Waals surface area contributed by atoms with Crippen LogP contribution < -0.4 is 5.32 Å². The number of aromatic nitrogens is 2. The van der Waals surface area contributed by atoms with Crippen LogP contribution in [0.2, 0.25) is 0 Å². The highest BCUT2D eigenvalue weighted by Crippen LogP contribution is 2.34. The van der Waals surface area contributed by atoms with E-state index < -0.39 is 5.97 Å². The molecule has 1 unspecified atom stereocenters. The molecule has 2 N–H and O–H groups in total. The first-order valence-electron chi connectivity index (χ1n) is 6.56. The van der Waals surface area contributed by atoms with Crippen LogP contribution in [0.4, 0.5) is 0 Å². The summed E-state index contributed by atoms with van der Waals surface area (Å²) in [4.78, 5) is 23.0. The molecule has 0 spiro atoms. The van der Waals surface area contributed by atoms with Crippen LogP contribution in [0.1, 0.15) is 42.2 Å². The maximum atomic E-state index is 12.2. The third-order valence-electron chi connectivity index (χ3n) is 3.39. The highest BCUT2D eigenvalue weighted by atomic mass is 16.4. The Labute approximate surface area is 111 Å². The third kappa shape index (κ3) is 3.33. The van der Waals surface area contributed by atoms with Crippen molar-refractivity contribution in [2.75, 3.05) is 0 Å². The molecule has 1 saturated carbocycles. The van der Waals surface area contributed by atoms with Crippen molar-refractivity contribution in [2.24, 2.45) is 13.0 Å². The van der Waals surface area contributed by atoms with Crippen LogP contribution in [0, 0.1) is 5.92 Å². The van der Waals surface area contributed by atoms with E-state index in [0.717, 1.165) is 18.5 Å². The standard InChI is InChI=1S/C13H19N3O3/c1-3-10-9(7-16(2)15-10)13(19)14-11(6-12(17)18)8-4-5-8/h7-8,11H,3-6H2,1-2H3,(H,14,19)(H,17,18). The molecule has 1 fully saturated rings. The van der Waals surface area contributed by atoms with Crippen molar-refractivity contribution in [3.05, 3.63) is 17.5 Å². The Kier molecular flexibility index (Phi) is 3.87. The molecule has 6 nitrogen and oxygen atoms in total. The van der Waals surface area contributed by atoms with Gasteiger partial charge in [-0.2, -0.15) is 5.10 Å². The predicted molar refractivity (Wildman–Crippen MR) is 68.8 cm³/mol. The number of nitrogens with zero attached hydrogens (tertiary/aromatic N) is 2. The summed E-state index contributed by atoms with van der Waals surface area (Å²) in [6, 6.07) is -0.269. The van der Waals surface area contributed by atoms with E-state index in [1.54, 1.807) is 17.9 Å².